The van der Waals surface area contributed by atoms with Crippen molar-refractivity contribution >= 4 is 17.5 Å². The van der Waals surface area contributed by atoms with Gasteiger partial charge in [-0.25, -0.2) is 0 Å². The highest BCUT2D eigenvalue weighted by molar-refractivity contribution is 5.91. The number of anilines is 1. The van der Waals surface area contributed by atoms with Crippen molar-refractivity contribution in [3.05, 3.63) is 48.0 Å². The first-order chi connectivity index (χ1) is 13.5. The van der Waals surface area contributed by atoms with E-state index in [0.29, 0.717) is 35.9 Å². The van der Waals surface area contributed by atoms with Crippen LogP contribution in [0.25, 0.3) is 0 Å². The van der Waals surface area contributed by atoms with Gasteiger partial charge in [-0.15, -0.1) is 0 Å². The number of hydrogen-bond acceptors (Lipinski definition) is 5. The monoisotopic (exact) mass is 386 g/mol. The second-order valence-corrected chi connectivity index (χ2v) is 6.00. The predicted molar refractivity (Wildman–Crippen MR) is 107 cm³/mol. The Morgan fingerprint density at radius 3 is 2.50 bits per heavy atom. The van der Waals surface area contributed by atoms with Crippen molar-refractivity contribution in [3.63, 3.8) is 0 Å². The van der Waals surface area contributed by atoms with Crippen LogP contribution in [0.15, 0.2) is 42.5 Å². The Hall–Kier alpha value is -3.22. The molecule has 0 fully saturated rings. The van der Waals surface area contributed by atoms with Gasteiger partial charge in [0.2, 0.25) is 5.91 Å². The third kappa shape index (κ3) is 6.50. The van der Waals surface area contributed by atoms with Crippen LogP contribution in [0.4, 0.5) is 5.69 Å². The van der Waals surface area contributed by atoms with Crippen molar-refractivity contribution in [1.82, 2.24) is 5.32 Å². The highest BCUT2D eigenvalue weighted by atomic mass is 16.5. The van der Waals surface area contributed by atoms with Gasteiger partial charge < -0.3 is 24.8 Å². The van der Waals surface area contributed by atoms with Crippen LogP contribution in [0, 0.1) is 0 Å². The van der Waals surface area contributed by atoms with Crippen LogP contribution in [0.5, 0.6) is 17.2 Å². The van der Waals surface area contributed by atoms with Crippen molar-refractivity contribution in [2.45, 2.75) is 19.8 Å². The fraction of sp³-hybridized carbons (Fsp3) is 0.333. The van der Waals surface area contributed by atoms with Crippen LogP contribution in [0.2, 0.25) is 0 Å². The van der Waals surface area contributed by atoms with Crippen molar-refractivity contribution in [2.24, 2.45) is 0 Å². The van der Waals surface area contributed by atoms with Gasteiger partial charge in [-0.1, -0.05) is 6.07 Å². The Bertz CT molecular complexity index is 807. The molecule has 0 radical (unpaired) electrons. The molecule has 150 valence electrons. The number of methoxy groups -OCH3 is 2. The number of amides is 2. The maximum absolute atomic E-state index is 12.3. The van der Waals surface area contributed by atoms with Gasteiger partial charge in [-0.3, -0.25) is 9.59 Å². The van der Waals surface area contributed by atoms with Gasteiger partial charge in [-0.2, -0.15) is 0 Å². The summed E-state index contributed by atoms with van der Waals surface area (Å²) in [5.41, 5.74) is 1.51. The van der Waals surface area contributed by atoms with E-state index in [1.54, 1.807) is 38.5 Å². The zero-order chi connectivity index (χ0) is 20.4. The number of benzene rings is 2. The lowest BCUT2D eigenvalue weighted by Gasteiger charge is -2.11. The minimum absolute atomic E-state index is 0.0686. The molecule has 0 atom stereocenters. The van der Waals surface area contributed by atoms with Crippen molar-refractivity contribution in [1.29, 1.82) is 0 Å². The number of hydrogen-bond donors (Lipinski definition) is 2. The van der Waals surface area contributed by atoms with Gasteiger partial charge in [0.15, 0.2) is 6.61 Å². The standard InChI is InChI=1S/C21H26N2O5/c1-4-22-21(25)14-28-18-7-5-6-16(13-18)23-20(24)11-8-15-12-17(26-2)9-10-19(15)27-3/h5-7,9-10,12-13H,4,8,11,14H2,1-3H3,(H,22,25)(H,23,24). The minimum atomic E-state index is -0.191. The van der Waals surface area contributed by atoms with Gasteiger partial charge in [-0.05, 0) is 49.2 Å². The molecule has 2 N–H and O–H groups in total. The first-order valence-electron chi connectivity index (χ1n) is 9.06. The smallest absolute Gasteiger partial charge is 0.257 e. The molecule has 2 aromatic carbocycles. The van der Waals surface area contributed by atoms with E-state index in [1.807, 2.05) is 25.1 Å². The lowest BCUT2D eigenvalue weighted by Crippen LogP contribution is -2.28. The molecule has 0 unspecified atom stereocenters. The molecule has 2 amide bonds. The van der Waals surface area contributed by atoms with Gasteiger partial charge in [0.05, 0.1) is 14.2 Å². The fourth-order valence-electron chi connectivity index (χ4n) is 2.61. The quantitative estimate of drug-likeness (QED) is 0.656. The topological polar surface area (TPSA) is 85.9 Å². The minimum Gasteiger partial charge on any atom is -0.497 e. The number of carbonyl (C=O) groups is 2. The first kappa shape index (κ1) is 21.1. The molecule has 0 aliphatic carbocycles. The number of carbonyl (C=O) groups excluding carboxylic acids is 2. The molecule has 0 aliphatic heterocycles. The summed E-state index contributed by atoms with van der Waals surface area (Å²) < 4.78 is 16.0. The van der Waals surface area contributed by atoms with E-state index in [1.165, 1.54) is 0 Å². The Labute approximate surface area is 165 Å². The summed E-state index contributed by atoms with van der Waals surface area (Å²) in [5.74, 6) is 1.62. The zero-order valence-electron chi connectivity index (χ0n) is 16.4. The lowest BCUT2D eigenvalue weighted by molar-refractivity contribution is -0.123. The molecule has 0 saturated heterocycles. The molecule has 7 nitrogen and oxygen atoms in total. The maximum atomic E-state index is 12.3. The Kier molecular flexibility index (Phi) is 8.14. The zero-order valence-corrected chi connectivity index (χ0v) is 16.4. The Morgan fingerprint density at radius 1 is 0.964 bits per heavy atom. The van der Waals surface area contributed by atoms with Crippen molar-refractivity contribution in [3.8, 4) is 17.2 Å². The summed E-state index contributed by atoms with van der Waals surface area (Å²) >= 11 is 0. The third-order valence-electron chi connectivity index (χ3n) is 3.97. The molecule has 0 aromatic heterocycles. The highest BCUT2D eigenvalue weighted by Gasteiger charge is 2.09. The number of likely N-dealkylation sites (N-methyl/N-ethyl adjacent to an activating group) is 1. The molecular formula is C21H26N2O5. The molecule has 2 aromatic rings. The Morgan fingerprint density at radius 2 is 1.79 bits per heavy atom. The predicted octanol–water partition coefficient (Wildman–Crippen LogP) is 2.79. The summed E-state index contributed by atoms with van der Waals surface area (Å²) in [4.78, 5) is 23.8. The maximum Gasteiger partial charge on any atom is 0.257 e. The van der Waals surface area contributed by atoms with Gasteiger partial charge in [0, 0.05) is 24.7 Å². The van der Waals surface area contributed by atoms with E-state index in [-0.39, 0.29) is 24.8 Å². The van der Waals surface area contributed by atoms with E-state index in [9.17, 15) is 9.59 Å². The van der Waals surface area contributed by atoms with E-state index >= 15 is 0 Å². The van der Waals surface area contributed by atoms with E-state index in [2.05, 4.69) is 10.6 Å². The Balaban J connectivity index is 1.91. The second-order valence-electron chi connectivity index (χ2n) is 6.00. The molecule has 0 saturated carbocycles. The largest absolute Gasteiger partial charge is 0.497 e. The van der Waals surface area contributed by atoms with Crippen LogP contribution in [0.3, 0.4) is 0 Å². The molecule has 7 heteroatoms. The third-order valence-corrected chi connectivity index (χ3v) is 3.97. The van der Waals surface area contributed by atoms with Crippen LogP contribution < -0.4 is 24.8 Å². The molecule has 0 aliphatic rings. The molecule has 2 rings (SSSR count). The summed E-state index contributed by atoms with van der Waals surface area (Å²) in [7, 11) is 3.19. The fourth-order valence-corrected chi connectivity index (χ4v) is 2.61. The first-order valence-corrected chi connectivity index (χ1v) is 9.06. The van der Waals surface area contributed by atoms with Crippen LogP contribution in [0.1, 0.15) is 18.9 Å². The molecule has 0 bridgehead atoms. The normalized spacial score (nSPS) is 10.1. The number of nitrogens with one attached hydrogen (secondary N) is 2. The van der Waals surface area contributed by atoms with Gasteiger partial charge in [0.1, 0.15) is 17.2 Å². The molecule has 28 heavy (non-hydrogen) atoms. The summed E-state index contributed by atoms with van der Waals surface area (Å²) in [6.07, 6.45) is 0.799. The molecular weight excluding hydrogens is 360 g/mol. The van der Waals surface area contributed by atoms with Crippen LogP contribution in [-0.2, 0) is 16.0 Å². The average molecular weight is 386 g/mol. The van der Waals surface area contributed by atoms with E-state index in [4.69, 9.17) is 14.2 Å². The number of ether oxygens (including phenoxy) is 3. The van der Waals surface area contributed by atoms with Gasteiger partial charge >= 0.3 is 0 Å². The van der Waals surface area contributed by atoms with E-state index in [0.717, 1.165) is 5.56 Å². The summed E-state index contributed by atoms with van der Waals surface area (Å²) in [5, 5.41) is 5.50. The summed E-state index contributed by atoms with van der Waals surface area (Å²) in [6, 6.07) is 12.4. The van der Waals surface area contributed by atoms with Crippen molar-refractivity contribution in [2.75, 3.05) is 32.7 Å². The van der Waals surface area contributed by atoms with Gasteiger partial charge in [0.25, 0.3) is 5.91 Å². The summed E-state index contributed by atoms with van der Waals surface area (Å²) in [6.45, 7) is 2.33. The SMILES string of the molecule is CCNC(=O)COc1cccc(NC(=O)CCc2cc(OC)ccc2OC)c1. The van der Waals surface area contributed by atoms with Crippen LogP contribution >= 0.6 is 0 Å². The van der Waals surface area contributed by atoms with Crippen LogP contribution in [-0.4, -0.2) is 39.2 Å². The highest BCUT2D eigenvalue weighted by Crippen LogP contribution is 2.25. The molecule has 0 spiro atoms. The average Bonchev–Trinajstić information content (AvgIpc) is 2.71. The van der Waals surface area contributed by atoms with Crippen molar-refractivity contribution < 1.29 is 23.8 Å². The number of aryl methyl sites for hydroxylation is 1. The number of rotatable bonds is 10. The molecule has 0 heterocycles. The second kappa shape index (κ2) is 10.8. The van der Waals surface area contributed by atoms with E-state index < -0.39 is 0 Å². The lowest BCUT2D eigenvalue weighted by atomic mass is 10.1.